The van der Waals surface area contributed by atoms with E-state index in [4.69, 9.17) is 18.0 Å². The van der Waals surface area contributed by atoms with Crippen molar-refractivity contribution in [1.82, 2.24) is 5.32 Å². The lowest BCUT2D eigenvalue weighted by molar-refractivity contribution is 0.662. The summed E-state index contributed by atoms with van der Waals surface area (Å²) < 4.78 is 0. The molecule has 0 bridgehead atoms. The summed E-state index contributed by atoms with van der Waals surface area (Å²) in [5, 5.41) is 3.36. The molecule has 0 saturated heterocycles. The van der Waals surface area contributed by atoms with Gasteiger partial charge >= 0.3 is 0 Å². The van der Waals surface area contributed by atoms with Crippen LogP contribution in [0, 0.1) is 0 Å². The molecule has 0 aliphatic heterocycles. The predicted octanol–water partition coefficient (Wildman–Crippen LogP) is 1.45. The van der Waals surface area contributed by atoms with Crippen LogP contribution in [0.4, 0.5) is 0 Å². The molecule has 0 aromatic heterocycles. The Morgan fingerprint density at radius 2 is 2.08 bits per heavy atom. The Labute approximate surface area is 84.1 Å². The first-order valence-corrected chi connectivity index (χ1v) is 4.69. The minimum absolute atomic E-state index is 0.292. The zero-order valence-corrected chi connectivity index (χ0v) is 8.47. The zero-order chi connectivity index (χ0) is 9.68. The third kappa shape index (κ3) is 3.90. The van der Waals surface area contributed by atoms with E-state index in [0.717, 1.165) is 6.42 Å². The smallest absolute Gasteiger partial charge is 0.163 e. The number of rotatable bonds is 3. The lowest BCUT2D eigenvalue weighted by Crippen LogP contribution is -2.37. The summed E-state index contributed by atoms with van der Waals surface area (Å²) in [5.74, 6) is 0. The van der Waals surface area contributed by atoms with Gasteiger partial charge in [0.05, 0.1) is 0 Å². The van der Waals surface area contributed by atoms with Gasteiger partial charge in [-0.05, 0) is 31.1 Å². The molecule has 0 aliphatic carbocycles. The van der Waals surface area contributed by atoms with E-state index in [-0.39, 0.29) is 0 Å². The van der Waals surface area contributed by atoms with Crippen molar-refractivity contribution in [3.05, 3.63) is 35.9 Å². The summed E-state index contributed by atoms with van der Waals surface area (Å²) in [4.78, 5) is 0. The van der Waals surface area contributed by atoms with Gasteiger partial charge in [0.1, 0.15) is 0 Å². The maximum atomic E-state index is 5.37. The molecule has 0 radical (unpaired) electrons. The molecular formula is C10H14N2S. The summed E-state index contributed by atoms with van der Waals surface area (Å²) in [6.45, 7) is 2.06. The second-order valence-electron chi connectivity index (χ2n) is 3.10. The fraction of sp³-hybridized carbons (Fsp3) is 0.300. The number of benzene rings is 1. The predicted molar refractivity (Wildman–Crippen MR) is 59.5 cm³/mol. The maximum Gasteiger partial charge on any atom is 0.163 e. The minimum atomic E-state index is 0.292. The topological polar surface area (TPSA) is 38.0 Å². The van der Waals surface area contributed by atoms with Crippen molar-refractivity contribution in [3.8, 4) is 0 Å². The van der Waals surface area contributed by atoms with Gasteiger partial charge in [0.2, 0.25) is 0 Å². The van der Waals surface area contributed by atoms with E-state index in [1.807, 2.05) is 18.2 Å². The Kier molecular flexibility index (Phi) is 3.71. The molecule has 0 fully saturated rings. The fourth-order valence-corrected chi connectivity index (χ4v) is 1.46. The highest BCUT2D eigenvalue weighted by Crippen LogP contribution is 2.02. The van der Waals surface area contributed by atoms with E-state index in [1.54, 1.807) is 0 Å². The van der Waals surface area contributed by atoms with Crippen LogP contribution in [0.15, 0.2) is 30.3 Å². The molecule has 0 heterocycles. The third-order valence-electron chi connectivity index (χ3n) is 1.77. The average molecular weight is 194 g/mol. The van der Waals surface area contributed by atoms with Crippen molar-refractivity contribution in [1.29, 1.82) is 0 Å². The molecule has 1 aromatic rings. The standard InChI is InChI=1S/C10H14N2S/c1-8(12-10(11)13)7-9-5-3-2-4-6-9/h2-6,8H,7H2,1H3,(H3,11,12,13)/t8-/m1/s1. The van der Waals surface area contributed by atoms with Crippen molar-refractivity contribution < 1.29 is 0 Å². The number of thiocarbonyl (C=S) groups is 1. The Morgan fingerprint density at radius 3 is 2.62 bits per heavy atom. The van der Waals surface area contributed by atoms with Crippen LogP contribution < -0.4 is 11.1 Å². The van der Waals surface area contributed by atoms with Gasteiger partial charge < -0.3 is 11.1 Å². The summed E-state index contributed by atoms with van der Waals surface area (Å²) in [7, 11) is 0. The molecule has 1 atom stereocenters. The second kappa shape index (κ2) is 4.82. The normalized spacial score (nSPS) is 12.1. The first-order valence-electron chi connectivity index (χ1n) is 4.28. The molecule has 0 saturated carbocycles. The van der Waals surface area contributed by atoms with Crippen molar-refractivity contribution in [2.24, 2.45) is 5.73 Å². The van der Waals surface area contributed by atoms with Crippen LogP contribution >= 0.6 is 12.2 Å². The summed E-state index contributed by atoms with van der Waals surface area (Å²) in [6.07, 6.45) is 0.943. The van der Waals surface area contributed by atoms with E-state index in [0.29, 0.717) is 11.2 Å². The van der Waals surface area contributed by atoms with Crippen molar-refractivity contribution in [2.45, 2.75) is 19.4 Å². The fourth-order valence-electron chi connectivity index (χ4n) is 1.26. The molecule has 0 amide bonds. The molecule has 1 aromatic carbocycles. The molecule has 2 nitrogen and oxygen atoms in total. The first-order chi connectivity index (χ1) is 6.18. The molecule has 3 heteroatoms. The van der Waals surface area contributed by atoms with Gasteiger partial charge in [0.15, 0.2) is 5.11 Å². The van der Waals surface area contributed by atoms with Gasteiger partial charge in [-0.3, -0.25) is 0 Å². The molecule has 13 heavy (non-hydrogen) atoms. The highest BCUT2D eigenvalue weighted by atomic mass is 32.1. The zero-order valence-electron chi connectivity index (χ0n) is 7.66. The third-order valence-corrected chi connectivity index (χ3v) is 1.89. The van der Waals surface area contributed by atoms with Gasteiger partial charge in [-0.15, -0.1) is 0 Å². The second-order valence-corrected chi connectivity index (χ2v) is 3.54. The van der Waals surface area contributed by atoms with E-state index in [2.05, 4.69) is 24.4 Å². The van der Waals surface area contributed by atoms with E-state index in [1.165, 1.54) is 5.56 Å². The van der Waals surface area contributed by atoms with E-state index < -0.39 is 0 Å². The molecule has 3 N–H and O–H groups in total. The molecule has 70 valence electrons. The van der Waals surface area contributed by atoms with Crippen LogP contribution in [0.2, 0.25) is 0 Å². The van der Waals surface area contributed by atoms with Crippen LogP contribution in [0.3, 0.4) is 0 Å². The van der Waals surface area contributed by atoms with Gasteiger partial charge in [0, 0.05) is 6.04 Å². The average Bonchev–Trinajstić information content (AvgIpc) is 2.04. The number of nitrogens with two attached hydrogens (primary N) is 1. The van der Waals surface area contributed by atoms with Gasteiger partial charge in [-0.2, -0.15) is 0 Å². The van der Waals surface area contributed by atoms with Gasteiger partial charge in [0.25, 0.3) is 0 Å². The van der Waals surface area contributed by atoms with Crippen molar-refractivity contribution in [2.75, 3.05) is 0 Å². The Balaban J connectivity index is 2.45. The lowest BCUT2D eigenvalue weighted by Gasteiger charge is -2.13. The SMILES string of the molecule is C[C@H](Cc1ccccc1)NC(N)=S. The number of nitrogens with one attached hydrogen (secondary N) is 1. The Morgan fingerprint density at radius 1 is 1.46 bits per heavy atom. The Bertz CT molecular complexity index is 272. The minimum Gasteiger partial charge on any atom is -0.376 e. The molecule has 0 unspecified atom stereocenters. The molecular weight excluding hydrogens is 180 g/mol. The van der Waals surface area contributed by atoms with Crippen LogP contribution in [-0.4, -0.2) is 11.2 Å². The van der Waals surface area contributed by atoms with Crippen LogP contribution in [0.25, 0.3) is 0 Å². The molecule has 0 spiro atoms. The molecule has 0 aliphatic rings. The van der Waals surface area contributed by atoms with E-state index >= 15 is 0 Å². The first kappa shape index (κ1) is 9.99. The quantitative estimate of drug-likeness (QED) is 0.715. The maximum absolute atomic E-state index is 5.37. The number of hydrogen-bond donors (Lipinski definition) is 2. The summed E-state index contributed by atoms with van der Waals surface area (Å²) in [5.41, 5.74) is 6.66. The highest BCUT2D eigenvalue weighted by Gasteiger charge is 2.02. The number of hydrogen-bond acceptors (Lipinski definition) is 1. The highest BCUT2D eigenvalue weighted by molar-refractivity contribution is 7.80. The summed E-state index contributed by atoms with van der Waals surface area (Å²) in [6, 6.07) is 10.6. The summed E-state index contributed by atoms with van der Waals surface area (Å²) >= 11 is 4.75. The van der Waals surface area contributed by atoms with Crippen molar-refractivity contribution in [3.63, 3.8) is 0 Å². The molecule has 1 rings (SSSR count). The van der Waals surface area contributed by atoms with Crippen LogP contribution in [0.5, 0.6) is 0 Å². The van der Waals surface area contributed by atoms with Crippen molar-refractivity contribution >= 4 is 17.3 Å². The largest absolute Gasteiger partial charge is 0.376 e. The Hall–Kier alpha value is -1.09. The van der Waals surface area contributed by atoms with Crippen LogP contribution in [0.1, 0.15) is 12.5 Å². The van der Waals surface area contributed by atoms with Gasteiger partial charge in [-0.1, -0.05) is 30.3 Å². The monoisotopic (exact) mass is 194 g/mol. The van der Waals surface area contributed by atoms with E-state index in [9.17, 15) is 0 Å². The van der Waals surface area contributed by atoms with Gasteiger partial charge in [-0.25, -0.2) is 0 Å². The van der Waals surface area contributed by atoms with Crippen LogP contribution in [-0.2, 0) is 6.42 Å². The lowest BCUT2D eigenvalue weighted by atomic mass is 10.1.